The van der Waals surface area contributed by atoms with Crippen LogP contribution in [0.1, 0.15) is 37.0 Å². The number of nitrogens with two attached hydrogens (primary N) is 1. The summed E-state index contributed by atoms with van der Waals surface area (Å²) in [5.74, 6) is -0.114. The van der Waals surface area contributed by atoms with Gasteiger partial charge in [0.05, 0.1) is 11.5 Å². The maximum Gasteiger partial charge on any atom is 0.255 e. The molecule has 25 heavy (non-hydrogen) atoms. The molecule has 0 aliphatic carbocycles. The molecule has 0 radical (unpaired) electrons. The molecule has 1 unspecified atom stereocenters. The van der Waals surface area contributed by atoms with Crippen molar-refractivity contribution < 1.29 is 9.59 Å². The summed E-state index contributed by atoms with van der Waals surface area (Å²) >= 11 is 1.69. The number of piperidine rings is 1. The number of likely N-dealkylation sites (tertiary alicyclic amines) is 1. The van der Waals surface area contributed by atoms with Crippen molar-refractivity contribution in [1.82, 2.24) is 10.2 Å². The minimum Gasteiger partial charge on any atom is -0.355 e. The zero-order valence-electron chi connectivity index (χ0n) is 14.9. The van der Waals surface area contributed by atoms with Gasteiger partial charge in [0.15, 0.2) is 0 Å². The van der Waals surface area contributed by atoms with E-state index in [1.807, 2.05) is 29.2 Å². The molecule has 140 valence electrons. The maximum atomic E-state index is 12.9. The fourth-order valence-corrected chi connectivity index (χ4v) is 3.83. The molecule has 1 atom stereocenters. The van der Waals surface area contributed by atoms with E-state index >= 15 is 0 Å². The quantitative estimate of drug-likeness (QED) is 0.738. The van der Waals surface area contributed by atoms with Gasteiger partial charge in [0, 0.05) is 36.3 Å². The van der Waals surface area contributed by atoms with E-state index in [0.29, 0.717) is 31.4 Å². The zero-order chi connectivity index (χ0) is 17.5. The first-order valence-electron chi connectivity index (χ1n) is 8.55. The molecule has 0 spiro atoms. The molecule has 1 aromatic rings. The summed E-state index contributed by atoms with van der Waals surface area (Å²) in [5.41, 5.74) is 6.17. The summed E-state index contributed by atoms with van der Waals surface area (Å²) in [6.07, 6.45) is 1.68. The number of amides is 2. The highest BCUT2D eigenvalue weighted by atomic mass is 35.5. The summed E-state index contributed by atoms with van der Waals surface area (Å²) in [6, 6.07) is 7.73. The summed E-state index contributed by atoms with van der Waals surface area (Å²) in [4.78, 5) is 27.9. The zero-order valence-corrected chi connectivity index (χ0v) is 16.5. The minimum absolute atomic E-state index is 0. The lowest BCUT2D eigenvalue weighted by atomic mass is 9.96. The van der Waals surface area contributed by atoms with Gasteiger partial charge in [-0.3, -0.25) is 9.59 Å². The number of nitrogens with one attached hydrogen (secondary N) is 1. The van der Waals surface area contributed by atoms with Crippen LogP contribution in [-0.2, 0) is 4.79 Å². The number of carbonyl (C=O) groups is 2. The normalized spacial score (nSPS) is 17.1. The highest BCUT2D eigenvalue weighted by molar-refractivity contribution is 8.00. The maximum absolute atomic E-state index is 12.9. The summed E-state index contributed by atoms with van der Waals surface area (Å²) in [6.45, 7) is 6.34. The molecule has 1 heterocycles. The van der Waals surface area contributed by atoms with Crippen LogP contribution in [0.15, 0.2) is 29.2 Å². The van der Waals surface area contributed by atoms with Crippen molar-refractivity contribution in [2.45, 2.75) is 36.8 Å². The third kappa shape index (κ3) is 6.20. The standard InChI is InChI=1S/C18H27N3O2S.ClH/c1-13(2)24-16-8-4-3-7-15(16)18(23)21-11-5-6-14(12-21)17(22)20-10-9-19;/h3-4,7-8,13-14H,5-6,9-12,19H2,1-2H3,(H,20,22);1H. The Kier molecular flexibility index (Phi) is 9.32. The lowest BCUT2D eigenvalue weighted by Gasteiger charge is -2.32. The van der Waals surface area contributed by atoms with Gasteiger partial charge in [-0.05, 0) is 25.0 Å². The molecule has 0 bridgehead atoms. The van der Waals surface area contributed by atoms with Gasteiger partial charge in [-0.2, -0.15) is 0 Å². The van der Waals surface area contributed by atoms with Crippen molar-refractivity contribution in [1.29, 1.82) is 0 Å². The molecule has 0 saturated carbocycles. The first-order valence-corrected chi connectivity index (χ1v) is 9.43. The second-order valence-electron chi connectivity index (χ2n) is 6.33. The number of benzene rings is 1. The van der Waals surface area contributed by atoms with Gasteiger partial charge >= 0.3 is 0 Å². The number of hydrogen-bond donors (Lipinski definition) is 2. The Morgan fingerprint density at radius 2 is 2.08 bits per heavy atom. The van der Waals surface area contributed by atoms with Crippen molar-refractivity contribution in [3.8, 4) is 0 Å². The van der Waals surface area contributed by atoms with Crippen LogP contribution in [0.3, 0.4) is 0 Å². The first kappa shape index (κ1) is 21.8. The Balaban J connectivity index is 0.00000312. The Morgan fingerprint density at radius 3 is 2.76 bits per heavy atom. The smallest absolute Gasteiger partial charge is 0.255 e. The van der Waals surface area contributed by atoms with Crippen molar-refractivity contribution in [2.75, 3.05) is 26.2 Å². The molecular weight excluding hydrogens is 358 g/mol. The highest BCUT2D eigenvalue weighted by Gasteiger charge is 2.29. The van der Waals surface area contributed by atoms with Crippen LogP contribution in [0.4, 0.5) is 0 Å². The SMILES string of the molecule is CC(C)Sc1ccccc1C(=O)N1CCCC(C(=O)NCCN)C1.Cl. The predicted octanol–water partition coefficient (Wildman–Crippen LogP) is 2.54. The monoisotopic (exact) mass is 385 g/mol. The number of carbonyl (C=O) groups excluding carboxylic acids is 2. The Hall–Kier alpha value is -1.24. The van der Waals surface area contributed by atoms with E-state index in [2.05, 4.69) is 19.2 Å². The van der Waals surface area contributed by atoms with Crippen molar-refractivity contribution >= 4 is 36.0 Å². The summed E-state index contributed by atoms with van der Waals surface area (Å²) < 4.78 is 0. The number of halogens is 1. The van der Waals surface area contributed by atoms with Crippen LogP contribution in [0.25, 0.3) is 0 Å². The molecule has 1 fully saturated rings. The highest BCUT2D eigenvalue weighted by Crippen LogP contribution is 2.28. The molecule has 1 aromatic carbocycles. The molecular formula is C18H28ClN3O2S. The van der Waals surface area contributed by atoms with Gasteiger partial charge in [-0.25, -0.2) is 0 Å². The van der Waals surface area contributed by atoms with E-state index in [9.17, 15) is 9.59 Å². The van der Waals surface area contributed by atoms with Gasteiger partial charge in [0.2, 0.25) is 5.91 Å². The molecule has 1 saturated heterocycles. The molecule has 7 heteroatoms. The fourth-order valence-electron chi connectivity index (χ4n) is 2.89. The first-order chi connectivity index (χ1) is 11.5. The summed E-state index contributed by atoms with van der Waals surface area (Å²) in [5, 5.41) is 3.24. The Morgan fingerprint density at radius 1 is 1.36 bits per heavy atom. The number of rotatable bonds is 6. The predicted molar refractivity (Wildman–Crippen MR) is 105 cm³/mol. The van der Waals surface area contributed by atoms with E-state index in [0.717, 1.165) is 23.3 Å². The topological polar surface area (TPSA) is 75.4 Å². The van der Waals surface area contributed by atoms with Crippen LogP contribution in [0, 0.1) is 5.92 Å². The van der Waals surface area contributed by atoms with Gasteiger partial charge in [-0.15, -0.1) is 24.2 Å². The molecule has 0 aromatic heterocycles. The van der Waals surface area contributed by atoms with E-state index in [1.165, 1.54) is 0 Å². The van der Waals surface area contributed by atoms with Crippen LogP contribution in [-0.4, -0.2) is 48.1 Å². The number of hydrogen-bond acceptors (Lipinski definition) is 4. The number of nitrogens with zero attached hydrogens (tertiary/aromatic N) is 1. The van der Waals surface area contributed by atoms with Gasteiger partial charge < -0.3 is 16.0 Å². The van der Waals surface area contributed by atoms with E-state index in [1.54, 1.807) is 11.8 Å². The van der Waals surface area contributed by atoms with E-state index in [4.69, 9.17) is 5.73 Å². The van der Waals surface area contributed by atoms with Crippen LogP contribution >= 0.6 is 24.2 Å². The molecule has 3 N–H and O–H groups in total. The second kappa shape index (κ2) is 10.7. The third-order valence-electron chi connectivity index (χ3n) is 4.00. The molecule has 1 aliphatic rings. The molecule has 2 amide bonds. The molecule has 1 aliphatic heterocycles. The average Bonchev–Trinajstić information content (AvgIpc) is 2.59. The van der Waals surface area contributed by atoms with Crippen molar-refractivity contribution in [3.63, 3.8) is 0 Å². The Bertz CT molecular complexity index is 583. The molecule has 5 nitrogen and oxygen atoms in total. The minimum atomic E-state index is -0.140. The molecule has 2 rings (SSSR count). The van der Waals surface area contributed by atoms with Crippen molar-refractivity contribution in [3.05, 3.63) is 29.8 Å². The number of thioether (sulfide) groups is 1. The van der Waals surface area contributed by atoms with Crippen LogP contribution in [0.2, 0.25) is 0 Å². The van der Waals surface area contributed by atoms with Gasteiger partial charge in [0.25, 0.3) is 5.91 Å². The van der Waals surface area contributed by atoms with Gasteiger partial charge in [-0.1, -0.05) is 26.0 Å². The second-order valence-corrected chi connectivity index (χ2v) is 7.95. The lowest BCUT2D eigenvalue weighted by molar-refractivity contribution is -0.126. The van der Waals surface area contributed by atoms with Gasteiger partial charge in [0.1, 0.15) is 0 Å². The van der Waals surface area contributed by atoms with E-state index in [-0.39, 0.29) is 30.1 Å². The van der Waals surface area contributed by atoms with Crippen LogP contribution in [0.5, 0.6) is 0 Å². The lowest BCUT2D eigenvalue weighted by Crippen LogP contribution is -2.46. The van der Waals surface area contributed by atoms with Crippen molar-refractivity contribution in [2.24, 2.45) is 11.7 Å². The third-order valence-corrected chi connectivity index (χ3v) is 5.08. The van der Waals surface area contributed by atoms with E-state index < -0.39 is 0 Å². The fraction of sp³-hybridized carbons (Fsp3) is 0.556. The summed E-state index contributed by atoms with van der Waals surface area (Å²) in [7, 11) is 0. The van der Waals surface area contributed by atoms with Crippen LogP contribution < -0.4 is 11.1 Å². The largest absolute Gasteiger partial charge is 0.355 e. The Labute approximate surface area is 160 Å². The average molecular weight is 386 g/mol.